The third-order valence-electron chi connectivity index (χ3n) is 7.99. The smallest absolute Gasteiger partial charge is 0.334 e. The van der Waals surface area contributed by atoms with Crippen LogP contribution in [0.15, 0.2) is 30.5 Å². The fourth-order valence-corrected chi connectivity index (χ4v) is 5.63. The van der Waals surface area contributed by atoms with E-state index in [1.54, 1.807) is 20.0 Å². The van der Waals surface area contributed by atoms with Crippen LogP contribution in [0.3, 0.4) is 0 Å². The van der Waals surface area contributed by atoms with Crippen molar-refractivity contribution in [2.75, 3.05) is 43.6 Å². The molecule has 1 saturated heterocycles. The number of anilines is 2. The molecular formula is C31H43ClN6O4. The highest BCUT2D eigenvalue weighted by atomic mass is 35.5. The monoisotopic (exact) mass is 598 g/mol. The van der Waals surface area contributed by atoms with Crippen molar-refractivity contribution in [3.8, 4) is 17.3 Å². The lowest BCUT2D eigenvalue weighted by Crippen LogP contribution is -2.43. The van der Waals surface area contributed by atoms with Crippen LogP contribution in [0.1, 0.15) is 59.3 Å². The Balaban J connectivity index is 1.28. The molecule has 11 heteroatoms. The summed E-state index contributed by atoms with van der Waals surface area (Å²) in [4.78, 5) is 21.1. The molecule has 0 spiro atoms. The second kappa shape index (κ2) is 15.5. The fraction of sp³-hybridized carbons (Fsp3) is 0.613. The zero-order chi connectivity index (χ0) is 30.0. The molecule has 1 aliphatic heterocycles. The molecule has 4 rings (SSSR count). The van der Waals surface area contributed by atoms with Crippen molar-refractivity contribution in [2.45, 2.75) is 83.5 Å². The molecule has 2 atom stereocenters. The lowest BCUT2D eigenvalue weighted by molar-refractivity contribution is -0.155. The summed E-state index contributed by atoms with van der Waals surface area (Å²) in [7, 11) is 0. The molecule has 228 valence electrons. The number of aromatic nitrogens is 2. The summed E-state index contributed by atoms with van der Waals surface area (Å²) in [6.45, 7) is 8.13. The van der Waals surface area contributed by atoms with Crippen LogP contribution in [0.2, 0.25) is 5.02 Å². The van der Waals surface area contributed by atoms with Crippen molar-refractivity contribution < 1.29 is 19.0 Å². The summed E-state index contributed by atoms with van der Waals surface area (Å²) in [5, 5.41) is 20.9. The number of pyridine rings is 2. The molecule has 2 aromatic rings. The molecule has 2 aliphatic rings. The van der Waals surface area contributed by atoms with Gasteiger partial charge in [0.05, 0.1) is 35.4 Å². The number of esters is 1. The quantitative estimate of drug-likeness (QED) is 0.264. The molecule has 3 heterocycles. The predicted octanol–water partition coefficient (Wildman–Crippen LogP) is 5.20. The molecular weight excluding hydrogens is 556 g/mol. The first-order valence-electron chi connectivity index (χ1n) is 15.0. The van der Waals surface area contributed by atoms with Crippen molar-refractivity contribution in [3.63, 3.8) is 0 Å². The van der Waals surface area contributed by atoms with Crippen LogP contribution in [0.4, 0.5) is 11.6 Å². The van der Waals surface area contributed by atoms with Gasteiger partial charge in [0, 0.05) is 49.6 Å². The zero-order valence-electron chi connectivity index (χ0n) is 24.8. The molecule has 2 aromatic heterocycles. The van der Waals surface area contributed by atoms with Crippen molar-refractivity contribution in [3.05, 3.63) is 35.5 Å². The van der Waals surface area contributed by atoms with Gasteiger partial charge < -0.3 is 30.2 Å². The summed E-state index contributed by atoms with van der Waals surface area (Å²) in [6, 6.07) is 11.1. The summed E-state index contributed by atoms with van der Waals surface area (Å²) < 4.78 is 16.1. The van der Waals surface area contributed by atoms with Crippen LogP contribution in [-0.4, -0.2) is 73.1 Å². The summed E-state index contributed by atoms with van der Waals surface area (Å²) >= 11 is 6.56. The average Bonchev–Trinajstić information content (AvgIpc) is 3.01. The van der Waals surface area contributed by atoms with Gasteiger partial charge in [0.25, 0.3) is 0 Å². The van der Waals surface area contributed by atoms with Crippen LogP contribution in [0.5, 0.6) is 0 Å². The van der Waals surface area contributed by atoms with Gasteiger partial charge in [-0.05, 0) is 77.5 Å². The van der Waals surface area contributed by atoms with Gasteiger partial charge in [0.1, 0.15) is 11.6 Å². The Morgan fingerprint density at radius 1 is 1.19 bits per heavy atom. The number of ether oxygens (including phenoxy) is 3. The first-order chi connectivity index (χ1) is 20.3. The zero-order valence-corrected chi connectivity index (χ0v) is 25.6. The molecule has 0 aromatic carbocycles. The van der Waals surface area contributed by atoms with E-state index in [0.29, 0.717) is 68.7 Å². The SMILES string of the molecule is CCOC(=O)[C@@H](C)OC[C@H](C)NC1CCC(Nc2cc(-c3cccc(NCC4(C#N)CCOCC4)n3)c(Cl)cn2)CC1. The minimum absolute atomic E-state index is 0.136. The fourth-order valence-electron chi connectivity index (χ4n) is 5.43. The largest absolute Gasteiger partial charge is 0.464 e. The lowest BCUT2D eigenvalue weighted by atomic mass is 9.82. The minimum atomic E-state index is -0.562. The average molecular weight is 599 g/mol. The van der Waals surface area contributed by atoms with Crippen molar-refractivity contribution >= 4 is 29.2 Å². The van der Waals surface area contributed by atoms with Crippen molar-refractivity contribution in [1.29, 1.82) is 5.26 Å². The van der Waals surface area contributed by atoms with Gasteiger partial charge in [0.2, 0.25) is 0 Å². The predicted molar refractivity (Wildman–Crippen MR) is 163 cm³/mol. The Morgan fingerprint density at radius 3 is 2.64 bits per heavy atom. The Labute approximate surface area is 253 Å². The van der Waals surface area contributed by atoms with Crippen LogP contribution < -0.4 is 16.0 Å². The summed E-state index contributed by atoms with van der Waals surface area (Å²) in [5.74, 6) is 1.15. The summed E-state index contributed by atoms with van der Waals surface area (Å²) in [6.07, 6.45) is 6.60. The van der Waals surface area contributed by atoms with E-state index in [1.165, 1.54) is 0 Å². The molecule has 0 bridgehead atoms. The van der Waals surface area contributed by atoms with Crippen LogP contribution in [0.25, 0.3) is 11.3 Å². The molecule has 1 saturated carbocycles. The topological polar surface area (TPSA) is 130 Å². The number of hydrogen-bond donors (Lipinski definition) is 3. The number of carbonyl (C=O) groups excluding carboxylic acids is 1. The van der Waals surface area contributed by atoms with Gasteiger partial charge in [0.15, 0.2) is 6.10 Å². The van der Waals surface area contributed by atoms with E-state index in [0.717, 1.165) is 42.8 Å². The standard InChI is InChI=1S/C31H43ClN6O4/c1-4-41-30(39)22(3)42-18-21(2)36-23-8-10-24(11-9-23)37-29-16-25(26(32)17-34-29)27-6-5-7-28(38-27)35-20-31(19-33)12-14-40-15-13-31/h5-7,16-17,21-24,36H,4,8-15,18,20H2,1-3H3,(H,34,37)(H,35,38)/t21-,22+,23?,24?/m0/s1. The van der Waals surface area contributed by atoms with Gasteiger partial charge in [-0.3, -0.25) is 0 Å². The molecule has 0 amide bonds. The molecule has 10 nitrogen and oxygen atoms in total. The van der Waals surface area contributed by atoms with Crippen LogP contribution >= 0.6 is 11.6 Å². The second-order valence-electron chi connectivity index (χ2n) is 11.3. The van der Waals surface area contributed by atoms with Gasteiger partial charge in [-0.15, -0.1) is 0 Å². The maximum absolute atomic E-state index is 11.8. The van der Waals surface area contributed by atoms with E-state index >= 15 is 0 Å². The van der Waals surface area contributed by atoms with Gasteiger partial charge in [-0.1, -0.05) is 17.7 Å². The van der Waals surface area contributed by atoms with Gasteiger partial charge in [-0.25, -0.2) is 14.8 Å². The Kier molecular flexibility index (Phi) is 11.8. The van der Waals surface area contributed by atoms with Crippen LogP contribution in [0, 0.1) is 16.7 Å². The number of nitriles is 1. The third kappa shape index (κ3) is 9.01. The Hall–Kier alpha value is -2.97. The van der Waals surface area contributed by atoms with Crippen molar-refractivity contribution in [1.82, 2.24) is 15.3 Å². The van der Waals surface area contributed by atoms with E-state index in [-0.39, 0.29) is 12.0 Å². The van der Waals surface area contributed by atoms with Gasteiger partial charge >= 0.3 is 5.97 Å². The highest BCUT2D eigenvalue weighted by molar-refractivity contribution is 6.33. The summed E-state index contributed by atoms with van der Waals surface area (Å²) in [5.41, 5.74) is 1.11. The van der Waals surface area contributed by atoms with Crippen LogP contribution in [-0.2, 0) is 19.0 Å². The number of halogens is 1. The van der Waals surface area contributed by atoms with E-state index in [2.05, 4.69) is 33.9 Å². The van der Waals surface area contributed by atoms with E-state index in [9.17, 15) is 10.1 Å². The lowest BCUT2D eigenvalue weighted by Gasteiger charge is -2.32. The molecule has 3 N–H and O–H groups in total. The third-order valence-corrected chi connectivity index (χ3v) is 8.29. The molecule has 1 aliphatic carbocycles. The van der Waals surface area contributed by atoms with E-state index in [1.807, 2.05) is 24.3 Å². The number of hydrogen-bond acceptors (Lipinski definition) is 10. The maximum atomic E-state index is 11.8. The Bertz CT molecular complexity index is 1210. The number of carbonyl (C=O) groups is 1. The Morgan fingerprint density at radius 2 is 1.93 bits per heavy atom. The van der Waals surface area contributed by atoms with Crippen molar-refractivity contribution in [2.24, 2.45) is 5.41 Å². The van der Waals surface area contributed by atoms with E-state index < -0.39 is 11.5 Å². The first kappa shape index (κ1) is 32.0. The molecule has 42 heavy (non-hydrogen) atoms. The maximum Gasteiger partial charge on any atom is 0.334 e. The first-order valence-corrected chi connectivity index (χ1v) is 15.4. The molecule has 2 fully saturated rings. The van der Waals surface area contributed by atoms with Gasteiger partial charge in [-0.2, -0.15) is 5.26 Å². The number of nitrogens with zero attached hydrogens (tertiary/aromatic N) is 3. The normalized spacial score (nSPS) is 21.5. The molecule has 0 unspecified atom stereocenters. The second-order valence-corrected chi connectivity index (χ2v) is 11.7. The number of nitrogens with one attached hydrogen (secondary N) is 3. The number of rotatable bonds is 13. The van der Waals surface area contributed by atoms with E-state index in [4.69, 9.17) is 30.8 Å². The highest BCUT2D eigenvalue weighted by Crippen LogP contribution is 2.32. The minimum Gasteiger partial charge on any atom is -0.464 e. The highest BCUT2D eigenvalue weighted by Gasteiger charge is 2.32. The molecule has 0 radical (unpaired) electrons.